The third-order valence-corrected chi connectivity index (χ3v) is 3.85. The van der Waals surface area contributed by atoms with Crippen molar-refractivity contribution >= 4 is 5.91 Å². The molecule has 0 fully saturated rings. The summed E-state index contributed by atoms with van der Waals surface area (Å²) in [6.07, 6.45) is 0. The zero-order valence-electron chi connectivity index (χ0n) is 13.5. The first-order chi connectivity index (χ1) is 10.5. The topological polar surface area (TPSA) is 46.3 Å². The summed E-state index contributed by atoms with van der Waals surface area (Å²) < 4.78 is 0. The molecule has 0 aliphatic carbocycles. The number of nitrogens with zero attached hydrogens (tertiary/aromatic N) is 1. The average molecular weight is 296 g/mol. The first kappa shape index (κ1) is 16.2. The zero-order valence-corrected chi connectivity index (χ0v) is 13.5. The van der Waals surface area contributed by atoms with Crippen LogP contribution >= 0.6 is 0 Å². The van der Waals surface area contributed by atoms with Crippen molar-refractivity contribution in [2.24, 2.45) is 5.73 Å². The van der Waals surface area contributed by atoms with Crippen LogP contribution in [0.2, 0.25) is 0 Å². The molecule has 3 heteroatoms. The molecule has 2 rings (SSSR count). The molecule has 2 N–H and O–H groups in total. The maximum Gasteiger partial charge on any atom is 0.253 e. The predicted molar refractivity (Wildman–Crippen MR) is 90.7 cm³/mol. The van der Waals surface area contributed by atoms with Crippen LogP contribution in [0.3, 0.4) is 0 Å². The van der Waals surface area contributed by atoms with E-state index in [0.29, 0.717) is 24.6 Å². The van der Waals surface area contributed by atoms with E-state index in [1.165, 1.54) is 5.56 Å². The summed E-state index contributed by atoms with van der Waals surface area (Å²) >= 11 is 0. The molecular formula is C19H24N2O. The van der Waals surface area contributed by atoms with E-state index < -0.39 is 0 Å². The van der Waals surface area contributed by atoms with Crippen LogP contribution in [0.15, 0.2) is 48.5 Å². The molecule has 1 amide bonds. The number of hydrogen-bond donors (Lipinski definition) is 1. The number of hydrogen-bond acceptors (Lipinski definition) is 2. The highest BCUT2D eigenvalue weighted by molar-refractivity contribution is 5.94. The van der Waals surface area contributed by atoms with Crippen LogP contribution < -0.4 is 5.73 Å². The minimum absolute atomic E-state index is 0.0245. The van der Waals surface area contributed by atoms with Gasteiger partial charge in [-0.05, 0) is 34.7 Å². The fourth-order valence-electron chi connectivity index (χ4n) is 2.36. The van der Waals surface area contributed by atoms with Crippen molar-refractivity contribution in [1.82, 2.24) is 4.90 Å². The van der Waals surface area contributed by atoms with Crippen LogP contribution in [0.25, 0.3) is 0 Å². The lowest BCUT2D eigenvalue weighted by Gasteiger charge is -2.18. The second-order valence-electron chi connectivity index (χ2n) is 5.96. The maximum atomic E-state index is 12.4. The second-order valence-corrected chi connectivity index (χ2v) is 5.96. The van der Waals surface area contributed by atoms with Crippen LogP contribution in [-0.2, 0) is 13.1 Å². The molecule has 0 heterocycles. The SMILES string of the molecule is CC(C)c1ccc(CN(C)C(=O)c2ccc(CN)cc2)cc1. The molecule has 0 aromatic heterocycles. The van der Waals surface area contributed by atoms with Crippen LogP contribution in [0.5, 0.6) is 0 Å². The van der Waals surface area contributed by atoms with E-state index in [1.807, 2.05) is 31.3 Å². The van der Waals surface area contributed by atoms with Crippen molar-refractivity contribution in [3.63, 3.8) is 0 Å². The van der Waals surface area contributed by atoms with E-state index >= 15 is 0 Å². The Hall–Kier alpha value is -2.13. The van der Waals surface area contributed by atoms with Gasteiger partial charge in [0.2, 0.25) is 0 Å². The Morgan fingerprint density at radius 1 is 1.00 bits per heavy atom. The second kappa shape index (κ2) is 7.23. The van der Waals surface area contributed by atoms with Crippen molar-refractivity contribution in [2.75, 3.05) is 7.05 Å². The number of nitrogens with two attached hydrogens (primary N) is 1. The Morgan fingerprint density at radius 2 is 1.55 bits per heavy atom. The molecule has 0 saturated carbocycles. The van der Waals surface area contributed by atoms with Crippen molar-refractivity contribution in [3.05, 3.63) is 70.8 Å². The minimum Gasteiger partial charge on any atom is -0.337 e. The summed E-state index contributed by atoms with van der Waals surface area (Å²) in [5.74, 6) is 0.547. The molecule has 116 valence electrons. The fourth-order valence-corrected chi connectivity index (χ4v) is 2.36. The van der Waals surface area contributed by atoms with E-state index in [1.54, 1.807) is 4.90 Å². The molecule has 0 unspecified atom stereocenters. The van der Waals surface area contributed by atoms with Gasteiger partial charge in [-0.3, -0.25) is 4.79 Å². The molecular weight excluding hydrogens is 272 g/mol. The van der Waals surface area contributed by atoms with Crippen molar-refractivity contribution in [1.29, 1.82) is 0 Å². The lowest BCUT2D eigenvalue weighted by atomic mass is 10.0. The normalized spacial score (nSPS) is 10.8. The third-order valence-electron chi connectivity index (χ3n) is 3.85. The first-order valence-corrected chi connectivity index (χ1v) is 7.64. The number of rotatable bonds is 5. The van der Waals surface area contributed by atoms with Gasteiger partial charge in [-0.2, -0.15) is 0 Å². The summed E-state index contributed by atoms with van der Waals surface area (Å²) in [6, 6.07) is 15.9. The molecule has 0 spiro atoms. The van der Waals surface area contributed by atoms with Gasteiger partial charge in [-0.1, -0.05) is 50.2 Å². The molecule has 3 nitrogen and oxygen atoms in total. The highest BCUT2D eigenvalue weighted by atomic mass is 16.2. The molecule has 0 radical (unpaired) electrons. The smallest absolute Gasteiger partial charge is 0.253 e. The van der Waals surface area contributed by atoms with Gasteiger partial charge in [0, 0.05) is 25.7 Å². The summed E-state index contributed by atoms with van der Waals surface area (Å²) in [4.78, 5) is 14.2. The van der Waals surface area contributed by atoms with Gasteiger partial charge in [0.05, 0.1) is 0 Å². The maximum absolute atomic E-state index is 12.4. The number of benzene rings is 2. The van der Waals surface area contributed by atoms with Crippen LogP contribution in [0.4, 0.5) is 0 Å². The quantitative estimate of drug-likeness (QED) is 0.917. The lowest BCUT2D eigenvalue weighted by Crippen LogP contribution is -2.26. The summed E-state index contributed by atoms with van der Waals surface area (Å²) in [5.41, 5.74) is 9.75. The Morgan fingerprint density at radius 3 is 2.05 bits per heavy atom. The standard InChI is InChI=1S/C19H24N2O/c1-14(2)17-8-6-16(7-9-17)13-21(3)19(22)18-10-4-15(12-20)5-11-18/h4-11,14H,12-13,20H2,1-3H3. The monoisotopic (exact) mass is 296 g/mol. The van der Waals surface area contributed by atoms with Crippen molar-refractivity contribution in [2.45, 2.75) is 32.9 Å². The Labute approximate surface area is 132 Å². The van der Waals surface area contributed by atoms with Gasteiger partial charge in [-0.15, -0.1) is 0 Å². The van der Waals surface area contributed by atoms with Gasteiger partial charge < -0.3 is 10.6 Å². The summed E-state index contributed by atoms with van der Waals surface area (Å²) in [6.45, 7) is 5.45. The van der Waals surface area contributed by atoms with Crippen LogP contribution in [0.1, 0.15) is 46.8 Å². The van der Waals surface area contributed by atoms with E-state index in [-0.39, 0.29) is 5.91 Å². The van der Waals surface area contributed by atoms with E-state index in [0.717, 1.165) is 11.1 Å². The number of amides is 1. The van der Waals surface area contributed by atoms with Crippen molar-refractivity contribution < 1.29 is 4.79 Å². The summed E-state index contributed by atoms with van der Waals surface area (Å²) in [5, 5.41) is 0. The number of carbonyl (C=O) groups is 1. The third kappa shape index (κ3) is 3.95. The Kier molecular flexibility index (Phi) is 5.34. The van der Waals surface area contributed by atoms with E-state index in [2.05, 4.69) is 38.1 Å². The van der Waals surface area contributed by atoms with Gasteiger partial charge in [0.15, 0.2) is 0 Å². The largest absolute Gasteiger partial charge is 0.337 e. The van der Waals surface area contributed by atoms with Crippen LogP contribution in [0, 0.1) is 0 Å². The molecule has 22 heavy (non-hydrogen) atoms. The minimum atomic E-state index is 0.0245. The van der Waals surface area contributed by atoms with Crippen LogP contribution in [-0.4, -0.2) is 17.9 Å². The van der Waals surface area contributed by atoms with E-state index in [4.69, 9.17) is 5.73 Å². The summed E-state index contributed by atoms with van der Waals surface area (Å²) in [7, 11) is 1.83. The van der Waals surface area contributed by atoms with Gasteiger partial charge >= 0.3 is 0 Å². The Balaban J connectivity index is 2.03. The van der Waals surface area contributed by atoms with E-state index in [9.17, 15) is 4.79 Å². The zero-order chi connectivity index (χ0) is 16.1. The molecule has 2 aromatic carbocycles. The highest BCUT2D eigenvalue weighted by Gasteiger charge is 2.12. The lowest BCUT2D eigenvalue weighted by molar-refractivity contribution is 0.0785. The fraction of sp³-hybridized carbons (Fsp3) is 0.316. The molecule has 0 bridgehead atoms. The van der Waals surface area contributed by atoms with Gasteiger partial charge in [0.25, 0.3) is 5.91 Å². The van der Waals surface area contributed by atoms with Crippen molar-refractivity contribution in [3.8, 4) is 0 Å². The molecule has 0 aliphatic rings. The molecule has 2 aromatic rings. The predicted octanol–water partition coefficient (Wildman–Crippen LogP) is 3.54. The molecule has 0 atom stereocenters. The highest BCUT2D eigenvalue weighted by Crippen LogP contribution is 2.16. The molecule has 0 aliphatic heterocycles. The Bertz CT molecular complexity index is 615. The van der Waals surface area contributed by atoms with Gasteiger partial charge in [-0.25, -0.2) is 0 Å². The van der Waals surface area contributed by atoms with Gasteiger partial charge in [0.1, 0.15) is 0 Å². The average Bonchev–Trinajstić information content (AvgIpc) is 2.54. The molecule has 0 saturated heterocycles. The first-order valence-electron chi connectivity index (χ1n) is 7.64. The number of carbonyl (C=O) groups excluding carboxylic acids is 1.